The van der Waals surface area contributed by atoms with Crippen LogP contribution in [-0.2, 0) is 21.4 Å². The Kier molecular flexibility index (Phi) is 10.9. The number of aryl methyl sites for hydroxylation is 2. The Morgan fingerprint density at radius 2 is 1.72 bits per heavy atom. The van der Waals surface area contributed by atoms with Gasteiger partial charge in [0.25, 0.3) is 0 Å². The summed E-state index contributed by atoms with van der Waals surface area (Å²) in [5, 5.41) is 0.769. The second kappa shape index (κ2) is 13.5. The zero-order valence-electron chi connectivity index (χ0n) is 24.5. The first-order valence-corrected chi connectivity index (χ1v) is 15.5. The monoisotopic (exact) mass is 577 g/mol. The first-order valence-electron chi connectivity index (χ1n) is 13.7. The normalized spacial score (nSPS) is 15.0. The summed E-state index contributed by atoms with van der Waals surface area (Å²) < 4.78 is 33.0. The number of anilines is 1. The molecule has 1 aliphatic rings. The molecular formula is C30H44ClN3O4S. The lowest BCUT2D eigenvalue weighted by atomic mass is 9.90. The van der Waals surface area contributed by atoms with E-state index in [-0.39, 0.29) is 23.6 Å². The number of sulfonamides is 1. The van der Waals surface area contributed by atoms with Gasteiger partial charge in [0, 0.05) is 52.1 Å². The Bertz CT molecular complexity index is 1230. The number of methoxy groups -OCH3 is 1. The van der Waals surface area contributed by atoms with Gasteiger partial charge in [-0.25, -0.2) is 12.7 Å². The lowest BCUT2D eigenvalue weighted by Crippen LogP contribution is -2.35. The van der Waals surface area contributed by atoms with Gasteiger partial charge in [-0.15, -0.1) is 0 Å². The third-order valence-electron chi connectivity index (χ3n) is 7.84. The molecular weight excluding hydrogens is 534 g/mol. The summed E-state index contributed by atoms with van der Waals surface area (Å²) in [6.07, 6.45) is 2.52. The molecule has 216 valence electrons. The zero-order valence-corrected chi connectivity index (χ0v) is 26.0. The van der Waals surface area contributed by atoms with Crippen LogP contribution in [0.25, 0.3) is 0 Å². The zero-order chi connectivity index (χ0) is 28.9. The fourth-order valence-electron chi connectivity index (χ4n) is 5.17. The minimum atomic E-state index is -3.71. The second-order valence-electron chi connectivity index (χ2n) is 11.1. The topological polar surface area (TPSA) is 70.2 Å². The Morgan fingerprint density at radius 1 is 1.10 bits per heavy atom. The van der Waals surface area contributed by atoms with Crippen molar-refractivity contribution < 1.29 is 17.9 Å². The average molecular weight is 578 g/mol. The van der Waals surface area contributed by atoms with Crippen molar-refractivity contribution in [2.75, 3.05) is 45.7 Å². The third-order valence-corrected chi connectivity index (χ3v) is 10.3. The highest BCUT2D eigenvalue weighted by Gasteiger charge is 2.27. The van der Waals surface area contributed by atoms with Gasteiger partial charge in [0.1, 0.15) is 11.5 Å². The molecule has 2 aromatic carbocycles. The third kappa shape index (κ3) is 7.97. The Morgan fingerprint density at radius 3 is 2.26 bits per heavy atom. The highest BCUT2D eigenvalue weighted by atomic mass is 35.5. The number of benzene rings is 2. The summed E-state index contributed by atoms with van der Waals surface area (Å²) in [6.45, 7) is 10.6. The van der Waals surface area contributed by atoms with Gasteiger partial charge < -0.3 is 9.64 Å². The predicted octanol–water partition coefficient (Wildman–Crippen LogP) is 5.69. The number of Topliss-reactive ketones (excluding diaryl/α,β-unsaturated/α-hetero) is 1. The maximum Gasteiger partial charge on any atom is 0.243 e. The number of hydrogen-bond acceptors (Lipinski definition) is 6. The maximum absolute atomic E-state index is 13.2. The lowest BCUT2D eigenvalue weighted by Gasteiger charge is -2.34. The van der Waals surface area contributed by atoms with Crippen molar-refractivity contribution in [1.29, 1.82) is 0 Å². The van der Waals surface area contributed by atoms with E-state index in [2.05, 4.69) is 48.9 Å². The van der Waals surface area contributed by atoms with Crippen molar-refractivity contribution in [1.82, 2.24) is 9.21 Å². The van der Waals surface area contributed by atoms with Crippen LogP contribution in [0, 0.1) is 19.8 Å². The second-order valence-corrected chi connectivity index (χ2v) is 13.5. The largest absolute Gasteiger partial charge is 0.497 e. The van der Waals surface area contributed by atoms with E-state index in [1.807, 2.05) is 0 Å². The quantitative estimate of drug-likeness (QED) is 0.323. The molecule has 1 aliphatic heterocycles. The standard InChI is InChI=1S/C30H44ClN3O4S/c1-21(2)32(5)20-25-8-9-29(28(31)19-25)34-14-10-24(11-15-34)18-26(35)12-13-33(6)39(36,37)30-22(3)16-27(38-7)17-23(30)4/h8-9,16-17,19,21,24H,10-15,18,20H2,1-7H3. The van der Waals surface area contributed by atoms with Gasteiger partial charge in [-0.05, 0) is 94.5 Å². The van der Waals surface area contributed by atoms with E-state index in [4.69, 9.17) is 16.3 Å². The highest BCUT2D eigenvalue weighted by Crippen LogP contribution is 2.32. The minimum absolute atomic E-state index is 0.107. The first kappa shape index (κ1) is 31.4. The molecule has 0 aromatic heterocycles. The van der Waals surface area contributed by atoms with Crippen LogP contribution in [0.1, 0.15) is 56.2 Å². The van der Waals surface area contributed by atoms with Gasteiger partial charge in [-0.1, -0.05) is 17.7 Å². The lowest BCUT2D eigenvalue weighted by molar-refractivity contribution is -0.120. The number of piperidine rings is 1. The van der Waals surface area contributed by atoms with Crippen LogP contribution in [0.5, 0.6) is 5.75 Å². The number of rotatable bonds is 12. The van der Waals surface area contributed by atoms with Crippen molar-refractivity contribution in [3.63, 3.8) is 0 Å². The molecule has 0 N–H and O–H groups in total. The molecule has 1 saturated heterocycles. The predicted molar refractivity (Wildman–Crippen MR) is 160 cm³/mol. The Hall–Kier alpha value is -2.13. The molecule has 0 atom stereocenters. The van der Waals surface area contributed by atoms with Crippen LogP contribution >= 0.6 is 11.6 Å². The van der Waals surface area contributed by atoms with Gasteiger partial charge in [-0.3, -0.25) is 9.69 Å². The Labute approximate surface area is 240 Å². The smallest absolute Gasteiger partial charge is 0.243 e. The molecule has 0 aliphatic carbocycles. The summed E-state index contributed by atoms with van der Waals surface area (Å²) in [5.41, 5.74) is 3.52. The van der Waals surface area contributed by atoms with E-state index in [0.29, 0.717) is 35.3 Å². The molecule has 1 fully saturated rings. The van der Waals surface area contributed by atoms with Crippen LogP contribution in [0.3, 0.4) is 0 Å². The molecule has 0 saturated carbocycles. The number of ketones is 1. The van der Waals surface area contributed by atoms with Crippen molar-refractivity contribution in [3.8, 4) is 5.75 Å². The van der Waals surface area contributed by atoms with Gasteiger partial charge in [0.15, 0.2) is 0 Å². The Balaban J connectivity index is 1.50. The van der Waals surface area contributed by atoms with E-state index >= 15 is 0 Å². The number of hydrogen-bond donors (Lipinski definition) is 0. The van der Waals surface area contributed by atoms with Gasteiger partial charge in [-0.2, -0.15) is 0 Å². The van der Waals surface area contributed by atoms with Crippen LogP contribution in [0.4, 0.5) is 5.69 Å². The molecule has 0 unspecified atom stereocenters. The number of ether oxygens (including phenoxy) is 1. The summed E-state index contributed by atoms with van der Waals surface area (Å²) in [7, 11) is 1.50. The summed E-state index contributed by atoms with van der Waals surface area (Å²) >= 11 is 6.66. The fraction of sp³-hybridized carbons (Fsp3) is 0.567. The molecule has 39 heavy (non-hydrogen) atoms. The van der Waals surface area contributed by atoms with Crippen molar-refractivity contribution >= 4 is 33.1 Å². The summed E-state index contributed by atoms with van der Waals surface area (Å²) in [4.78, 5) is 17.7. The summed E-state index contributed by atoms with van der Waals surface area (Å²) in [6, 6.07) is 10.2. The average Bonchev–Trinajstić information content (AvgIpc) is 2.87. The molecule has 0 amide bonds. The van der Waals surface area contributed by atoms with E-state index < -0.39 is 10.0 Å². The van der Waals surface area contributed by atoms with Crippen molar-refractivity contribution in [2.45, 2.75) is 70.9 Å². The van der Waals surface area contributed by atoms with Crippen LogP contribution < -0.4 is 9.64 Å². The molecule has 0 spiro atoms. The van der Waals surface area contributed by atoms with Gasteiger partial charge in [0.2, 0.25) is 10.0 Å². The maximum atomic E-state index is 13.2. The van der Waals surface area contributed by atoms with E-state index in [9.17, 15) is 13.2 Å². The molecule has 7 nitrogen and oxygen atoms in total. The molecule has 1 heterocycles. The summed E-state index contributed by atoms with van der Waals surface area (Å²) in [5.74, 6) is 1.04. The molecule has 0 bridgehead atoms. The number of carbonyl (C=O) groups is 1. The van der Waals surface area contributed by atoms with E-state index in [1.54, 1.807) is 40.1 Å². The van der Waals surface area contributed by atoms with Gasteiger partial charge in [0.05, 0.1) is 22.7 Å². The van der Waals surface area contributed by atoms with Crippen molar-refractivity contribution in [3.05, 3.63) is 52.0 Å². The number of nitrogens with zero attached hydrogens (tertiary/aromatic N) is 3. The molecule has 9 heteroatoms. The van der Waals surface area contributed by atoms with Crippen LogP contribution in [0.2, 0.25) is 5.02 Å². The molecule has 3 rings (SSSR count). The highest BCUT2D eigenvalue weighted by molar-refractivity contribution is 7.89. The molecule has 2 aromatic rings. The number of carbonyl (C=O) groups excluding carboxylic acids is 1. The van der Waals surface area contributed by atoms with Gasteiger partial charge >= 0.3 is 0 Å². The van der Waals surface area contributed by atoms with Crippen molar-refractivity contribution in [2.24, 2.45) is 5.92 Å². The minimum Gasteiger partial charge on any atom is -0.497 e. The first-order chi connectivity index (χ1) is 18.3. The number of halogens is 1. The van der Waals surface area contributed by atoms with Crippen LogP contribution in [0.15, 0.2) is 35.2 Å². The van der Waals surface area contributed by atoms with E-state index in [0.717, 1.165) is 43.2 Å². The SMILES string of the molecule is COc1cc(C)c(S(=O)(=O)N(C)CCC(=O)CC2CCN(c3ccc(CN(C)C(C)C)cc3Cl)CC2)c(C)c1. The van der Waals surface area contributed by atoms with E-state index in [1.165, 1.54) is 9.87 Å². The van der Waals surface area contributed by atoms with Crippen LogP contribution in [-0.4, -0.2) is 70.3 Å². The molecule has 0 radical (unpaired) electrons. The fourth-order valence-corrected chi connectivity index (χ4v) is 7.07.